The quantitative estimate of drug-likeness (QED) is 0.741. The zero-order chi connectivity index (χ0) is 13.8. The molecule has 1 heterocycles. The molecule has 19 heavy (non-hydrogen) atoms. The normalized spacial score (nSPS) is 17.3. The molecule has 1 saturated carbocycles. The molecule has 1 unspecified atom stereocenters. The molecule has 0 saturated heterocycles. The van der Waals surface area contributed by atoms with Crippen LogP contribution >= 0.6 is 0 Å². The molecule has 0 aromatic carbocycles. The van der Waals surface area contributed by atoms with Crippen molar-refractivity contribution in [3.05, 3.63) is 29.8 Å². The van der Waals surface area contributed by atoms with Gasteiger partial charge in [-0.05, 0) is 37.9 Å². The first-order valence-electron chi connectivity index (χ1n) is 6.90. The third-order valence-electron chi connectivity index (χ3n) is 3.81. The van der Waals surface area contributed by atoms with E-state index in [-0.39, 0.29) is 11.7 Å². The molecule has 1 aliphatic rings. The molecule has 1 atom stereocenters. The van der Waals surface area contributed by atoms with Crippen LogP contribution < -0.4 is 0 Å². The standard InChI is InChI=1S/C15H21FN2O/c1-11(9-18(2)10-12-4-3-5-12)15(19)14-7-6-13(16)8-17-14/h6-8,11-12H,3-5,9-10H2,1-2H3. The van der Waals surface area contributed by atoms with E-state index in [0.717, 1.165) is 25.2 Å². The van der Waals surface area contributed by atoms with Crippen molar-refractivity contribution in [3.63, 3.8) is 0 Å². The molecule has 0 radical (unpaired) electrons. The fourth-order valence-corrected chi connectivity index (χ4v) is 2.52. The van der Waals surface area contributed by atoms with Gasteiger partial charge < -0.3 is 4.90 Å². The van der Waals surface area contributed by atoms with Gasteiger partial charge in [-0.3, -0.25) is 9.78 Å². The topological polar surface area (TPSA) is 33.2 Å². The van der Waals surface area contributed by atoms with Crippen molar-refractivity contribution in [1.82, 2.24) is 9.88 Å². The van der Waals surface area contributed by atoms with Gasteiger partial charge in [0.1, 0.15) is 11.5 Å². The lowest BCUT2D eigenvalue weighted by molar-refractivity contribution is 0.0884. The van der Waals surface area contributed by atoms with E-state index >= 15 is 0 Å². The van der Waals surface area contributed by atoms with Crippen molar-refractivity contribution in [2.45, 2.75) is 26.2 Å². The molecule has 1 aromatic rings. The van der Waals surface area contributed by atoms with Crippen LogP contribution in [-0.2, 0) is 0 Å². The van der Waals surface area contributed by atoms with Crippen molar-refractivity contribution in [2.24, 2.45) is 11.8 Å². The minimum atomic E-state index is -0.411. The third kappa shape index (κ3) is 3.83. The molecule has 104 valence electrons. The maximum absolute atomic E-state index is 12.8. The Bertz CT molecular complexity index is 428. The summed E-state index contributed by atoms with van der Waals surface area (Å²) in [5, 5.41) is 0. The van der Waals surface area contributed by atoms with Gasteiger partial charge in [-0.2, -0.15) is 0 Å². The van der Waals surface area contributed by atoms with Crippen LogP contribution in [0.3, 0.4) is 0 Å². The number of hydrogen-bond acceptors (Lipinski definition) is 3. The van der Waals surface area contributed by atoms with E-state index in [1.807, 2.05) is 6.92 Å². The van der Waals surface area contributed by atoms with Gasteiger partial charge >= 0.3 is 0 Å². The number of carbonyl (C=O) groups excluding carboxylic acids is 1. The number of hydrogen-bond donors (Lipinski definition) is 0. The van der Waals surface area contributed by atoms with E-state index in [0.29, 0.717) is 5.69 Å². The summed E-state index contributed by atoms with van der Waals surface area (Å²) in [7, 11) is 2.06. The first-order valence-corrected chi connectivity index (χ1v) is 6.90. The zero-order valence-electron chi connectivity index (χ0n) is 11.6. The van der Waals surface area contributed by atoms with Crippen LogP contribution in [0.4, 0.5) is 4.39 Å². The lowest BCUT2D eigenvalue weighted by atomic mass is 9.85. The third-order valence-corrected chi connectivity index (χ3v) is 3.81. The number of rotatable bonds is 6. The SMILES string of the molecule is CC(CN(C)CC1CCC1)C(=O)c1ccc(F)cn1. The monoisotopic (exact) mass is 264 g/mol. The first kappa shape index (κ1) is 14.1. The van der Waals surface area contributed by atoms with Gasteiger partial charge in [0.25, 0.3) is 0 Å². The second kappa shape index (κ2) is 6.24. The highest BCUT2D eigenvalue weighted by atomic mass is 19.1. The number of carbonyl (C=O) groups is 1. The van der Waals surface area contributed by atoms with Crippen molar-refractivity contribution in [1.29, 1.82) is 0 Å². The predicted molar refractivity (Wildman–Crippen MR) is 72.5 cm³/mol. The van der Waals surface area contributed by atoms with Gasteiger partial charge in [0.2, 0.25) is 0 Å². The lowest BCUT2D eigenvalue weighted by Gasteiger charge is -2.31. The molecule has 1 aromatic heterocycles. The van der Waals surface area contributed by atoms with Crippen molar-refractivity contribution in [2.75, 3.05) is 20.1 Å². The van der Waals surface area contributed by atoms with Crippen LogP contribution in [0.1, 0.15) is 36.7 Å². The van der Waals surface area contributed by atoms with Gasteiger partial charge in [-0.1, -0.05) is 13.3 Å². The maximum Gasteiger partial charge on any atom is 0.185 e. The molecular formula is C15H21FN2O. The van der Waals surface area contributed by atoms with Crippen LogP contribution in [0.15, 0.2) is 18.3 Å². The average Bonchev–Trinajstić information content (AvgIpc) is 2.34. The zero-order valence-corrected chi connectivity index (χ0v) is 11.6. The molecule has 3 nitrogen and oxygen atoms in total. The summed E-state index contributed by atoms with van der Waals surface area (Å²) in [4.78, 5) is 18.2. The fourth-order valence-electron chi connectivity index (χ4n) is 2.52. The maximum atomic E-state index is 12.8. The Morgan fingerprint density at radius 1 is 1.53 bits per heavy atom. The summed E-state index contributed by atoms with van der Waals surface area (Å²) in [5.41, 5.74) is 0.353. The Hall–Kier alpha value is -1.29. The molecule has 0 spiro atoms. The molecule has 1 aliphatic carbocycles. The highest BCUT2D eigenvalue weighted by Crippen LogP contribution is 2.26. The molecule has 0 amide bonds. The molecule has 0 aliphatic heterocycles. The summed E-state index contributed by atoms with van der Waals surface area (Å²) in [6.45, 7) is 3.70. The van der Waals surface area contributed by atoms with Crippen molar-refractivity contribution >= 4 is 5.78 Å². The summed E-state index contributed by atoms with van der Waals surface area (Å²) < 4.78 is 12.8. The van der Waals surface area contributed by atoms with Crippen molar-refractivity contribution in [3.8, 4) is 0 Å². The van der Waals surface area contributed by atoms with Gasteiger partial charge in [-0.15, -0.1) is 0 Å². The Kier molecular flexibility index (Phi) is 4.64. The lowest BCUT2D eigenvalue weighted by Crippen LogP contribution is -2.34. The molecule has 0 N–H and O–H groups in total. The van der Waals surface area contributed by atoms with Crippen LogP contribution in [0.2, 0.25) is 0 Å². The van der Waals surface area contributed by atoms with E-state index < -0.39 is 5.82 Å². The number of ketones is 1. The van der Waals surface area contributed by atoms with Crippen molar-refractivity contribution < 1.29 is 9.18 Å². The predicted octanol–water partition coefficient (Wildman–Crippen LogP) is 2.77. The Labute approximate surface area is 113 Å². The van der Waals surface area contributed by atoms with E-state index in [4.69, 9.17) is 0 Å². The second-order valence-corrected chi connectivity index (χ2v) is 5.65. The summed E-state index contributed by atoms with van der Waals surface area (Å²) in [5.74, 6) is 0.269. The average molecular weight is 264 g/mol. The summed E-state index contributed by atoms with van der Waals surface area (Å²) in [6, 6.07) is 2.74. The summed E-state index contributed by atoms with van der Waals surface area (Å²) in [6.07, 6.45) is 5.06. The van der Waals surface area contributed by atoms with E-state index in [1.54, 1.807) is 0 Å². The van der Waals surface area contributed by atoms with Gasteiger partial charge in [0.15, 0.2) is 5.78 Å². The number of nitrogens with zero attached hydrogens (tertiary/aromatic N) is 2. The highest BCUT2D eigenvalue weighted by Gasteiger charge is 2.22. The van der Waals surface area contributed by atoms with Crippen LogP contribution in [0, 0.1) is 17.7 Å². The van der Waals surface area contributed by atoms with Crippen LogP contribution in [-0.4, -0.2) is 35.8 Å². The Morgan fingerprint density at radius 3 is 2.79 bits per heavy atom. The number of pyridine rings is 1. The Morgan fingerprint density at radius 2 is 2.26 bits per heavy atom. The van der Waals surface area contributed by atoms with Gasteiger partial charge in [0.05, 0.1) is 6.20 Å². The number of halogens is 1. The van der Waals surface area contributed by atoms with E-state index in [2.05, 4.69) is 16.9 Å². The summed E-state index contributed by atoms with van der Waals surface area (Å²) >= 11 is 0. The molecule has 0 bridgehead atoms. The van der Waals surface area contributed by atoms with E-state index in [9.17, 15) is 9.18 Å². The van der Waals surface area contributed by atoms with Crippen LogP contribution in [0.5, 0.6) is 0 Å². The molecular weight excluding hydrogens is 243 g/mol. The first-order chi connectivity index (χ1) is 9.06. The smallest absolute Gasteiger partial charge is 0.185 e. The second-order valence-electron chi connectivity index (χ2n) is 5.65. The van der Waals surface area contributed by atoms with E-state index in [1.165, 1.54) is 31.4 Å². The number of aromatic nitrogens is 1. The minimum Gasteiger partial charge on any atom is -0.305 e. The molecule has 1 fully saturated rings. The van der Waals surface area contributed by atoms with Gasteiger partial charge in [0, 0.05) is 19.0 Å². The molecule has 4 heteroatoms. The number of Topliss-reactive ketones (excluding diaryl/α,β-unsaturated/α-hetero) is 1. The highest BCUT2D eigenvalue weighted by molar-refractivity contribution is 5.95. The minimum absolute atomic E-state index is 0.0135. The fraction of sp³-hybridized carbons (Fsp3) is 0.600. The molecule has 2 rings (SSSR count). The van der Waals surface area contributed by atoms with Crippen LogP contribution in [0.25, 0.3) is 0 Å². The largest absolute Gasteiger partial charge is 0.305 e. The Balaban J connectivity index is 1.85. The van der Waals surface area contributed by atoms with Gasteiger partial charge in [-0.25, -0.2) is 4.39 Å².